The van der Waals surface area contributed by atoms with Gasteiger partial charge in [0.15, 0.2) is 0 Å². The third kappa shape index (κ3) is 4.35. The van der Waals surface area contributed by atoms with Crippen LogP contribution in [0.3, 0.4) is 0 Å². The van der Waals surface area contributed by atoms with E-state index in [0.717, 1.165) is 26.1 Å². The maximum atomic E-state index is 12.7. The van der Waals surface area contributed by atoms with E-state index in [1.807, 2.05) is 27.7 Å². The van der Waals surface area contributed by atoms with Crippen LogP contribution in [-0.2, 0) is 19.1 Å². The summed E-state index contributed by atoms with van der Waals surface area (Å²) in [4.78, 5) is 10.4. The zero-order valence-electron chi connectivity index (χ0n) is 16.5. The van der Waals surface area contributed by atoms with Crippen molar-refractivity contribution in [3.05, 3.63) is 12.4 Å². The summed E-state index contributed by atoms with van der Waals surface area (Å²) >= 11 is 0. The Kier molecular flexibility index (Phi) is 5.66. The van der Waals surface area contributed by atoms with Crippen LogP contribution < -0.4 is 11.2 Å². The van der Waals surface area contributed by atoms with E-state index in [4.69, 9.17) is 15.0 Å². The van der Waals surface area contributed by atoms with Gasteiger partial charge in [0.05, 0.1) is 17.0 Å². The van der Waals surface area contributed by atoms with Gasteiger partial charge in [0.25, 0.3) is 0 Å². The predicted molar refractivity (Wildman–Crippen MR) is 103 cm³/mol. The first-order valence-electron chi connectivity index (χ1n) is 9.37. The van der Waals surface area contributed by atoms with Crippen LogP contribution in [0, 0.1) is 5.92 Å². The quantitative estimate of drug-likeness (QED) is 0.522. The molecule has 0 radical (unpaired) electrons. The molecule has 3 rings (SSSR count). The molecule has 10 heteroatoms. The maximum Gasteiger partial charge on any atom is 0.498 e. The largest absolute Gasteiger partial charge is 0.498 e. The Morgan fingerprint density at radius 2 is 1.81 bits per heavy atom. The molecule has 2 fully saturated rings. The molecular weight excluding hydrogens is 367 g/mol. The Morgan fingerprint density at radius 3 is 2.37 bits per heavy atom. The second-order valence-electron chi connectivity index (χ2n) is 8.41. The van der Waals surface area contributed by atoms with Crippen LogP contribution >= 0.6 is 0 Å². The molecule has 3 heterocycles. The number of rotatable bonds is 6. The fourth-order valence-electron chi connectivity index (χ4n) is 3.41. The van der Waals surface area contributed by atoms with Gasteiger partial charge in [-0.05, 0) is 46.6 Å². The molecule has 0 spiro atoms. The minimum Gasteiger partial charge on any atom is -0.399 e. The minimum absolute atomic E-state index is 0.0594. The lowest BCUT2D eigenvalue weighted by molar-refractivity contribution is 0.00578. The first-order valence-corrected chi connectivity index (χ1v) is 11.0. The van der Waals surface area contributed by atoms with Crippen molar-refractivity contribution in [2.45, 2.75) is 50.5 Å². The van der Waals surface area contributed by atoms with Crippen molar-refractivity contribution in [3.8, 4) is 0 Å². The highest BCUT2D eigenvalue weighted by Crippen LogP contribution is 2.36. The molecule has 1 aromatic rings. The highest BCUT2D eigenvalue weighted by Gasteiger charge is 2.52. The lowest BCUT2D eigenvalue weighted by Gasteiger charge is -2.32. The second-order valence-corrected chi connectivity index (χ2v) is 10.3. The van der Waals surface area contributed by atoms with Gasteiger partial charge in [-0.15, -0.1) is 0 Å². The molecule has 0 saturated carbocycles. The molecule has 1 atom stereocenters. The van der Waals surface area contributed by atoms with Crippen LogP contribution in [0.5, 0.6) is 0 Å². The second kappa shape index (κ2) is 7.40. The van der Waals surface area contributed by atoms with Crippen LogP contribution in [0.1, 0.15) is 34.1 Å². The van der Waals surface area contributed by atoms with Gasteiger partial charge in [0.1, 0.15) is 0 Å². The zero-order chi connectivity index (χ0) is 19.9. The molecule has 1 aromatic heterocycles. The molecular formula is C17H29BN4O4S. The van der Waals surface area contributed by atoms with Crippen LogP contribution in [-0.4, -0.2) is 73.5 Å². The van der Waals surface area contributed by atoms with Gasteiger partial charge in [-0.25, -0.2) is 18.4 Å². The topological polar surface area (TPSA) is 108 Å². The van der Waals surface area contributed by atoms with E-state index in [0.29, 0.717) is 12.0 Å². The molecule has 2 aliphatic rings. The van der Waals surface area contributed by atoms with Gasteiger partial charge < -0.3 is 19.9 Å². The molecule has 2 saturated heterocycles. The van der Waals surface area contributed by atoms with Gasteiger partial charge in [-0.3, -0.25) is 0 Å². The Morgan fingerprint density at radius 1 is 1.22 bits per heavy atom. The van der Waals surface area contributed by atoms with E-state index in [9.17, 15) is 8.42 Å². The SMILES string of the molecule is CC1(C)OB(c2cnc(S(=O)(=O)CC3CCN(CCN)C3)nc2)OC1(C)C. The third-order valence-electron chi connectivity index (χ3n) is 5.72. The molecule has 0 aliphatic carbocycles. The fourth-order valence-corrected chi connectivity index (χ4v) is 4.88. The number of sulfone groups is 1. The number of aromatic nitrogens is 2. The van der Waals surface area contributed by atoms with Crippen molar-refractivity contribution in [2.24, 2.45) is 11.7 Å². The molecule has 8 nitrogen and oxygen atoms in total. The fraction of sp³-hybridized carbons (Fsp3) is 0.765. The molecule has 2 N–H and O–H groups in total. The first kappa shape index (κ1) is 20.7. The number of likely N-dealkylation sites (tertiary alicyclic amines) is 1. The predicted octanol–water partition coefficient (Wildman–Crippen LogP) is -0.170. The van der Waals surface area contributed by atoms with Crippen molar-refractivity contribution in [1.82, 2.24) is 14.9 Å². The van der Waals surface area contributed by atoms with Gasteiger partial charge in [-0.1, -0.05) is 0 Å². The summed E-state index contributed by atoms with van der Waals surface area (Å²) in [5.41, 5.74) is 5.24. The lowest BCUT2D eigenvalue weighted by atomic mass is 9.81. The van der Waals surface area contributed by atoms with Crippen molar-refractivity contribution in [2.75, 3.05) is 31.9 Å². The van der Waals surface area contributed by atoms with Gasteiger partial charge >= 0.3 is 7.12 Å². The summed E-state index contributed by atoms with van der Waals surface area (Å²) < 4.78 is 37.2. The molecule has 1 unspecified atom stereocenters. The Bertz CT molecular complexity index is 754. The van der Waals surface area contributed by atoms with Crippen LogP contribution in [0.25, 0.3) is 0 Å². The van der Waals surface area contributed by atoms with Gasteiger partial charge in [-0.2, -0.15) is 0 Å². The van der Waals surface area contributed by atoms with E-state index in [1.165, 1.54) is 12.4 Å². The molecule has 2 aliphatic heterocycles. The smallest absolute Gasteiger partial charge is 0.399 e. The third-order valence-corrected chi connectivity index (χ3v) is 7.40. The van der Waals surface area contributed by atoms with Gasteiger partial charge in [0, 0.05) is 37.5 Å². The molecule has 0 aromatic carbocycles. The van der Waals surface area contributed by atoms with E-state index < -0.39 is 28.2 Å². The summed E-state index contributed by atoms with van der Waals surface area (Å²) in [6.45, 7) is 10.9. The Labute approximate surface area is 161 Å². The van der Waals surface area contributed by atoms with Gasteiger partial charge in [0.2, 0.25) is 15.0 Å². The van der Waals surface area contributed by atoms with Crippen LogP contribution in [0.4, 0.5) is 0 Å². The monoisotopic (exact) mass is 396 g/mol. The summed E-state index contributed by atoms with van der Waals surface area (Å²) in [7, 11) is -4.13. The summed E-state index contributed by atoms with van der Waals surface area (Å²) in [6, 6.07) is 0. The standard InChI is InChI=1S/C17H29BN4O4S/c1-16(2)17(3,4)26-18(25-16)14-9-20-15(21-10-14)27(23,24)12-13-5-7-22(11-13)8-6-19/h9-10,13H,5-8,11-12,19H2,1-4H3. The molecule has 0 bridgehead atoms. The lowest BCUT2D eigenvalue weighted by Crippen LogP contribution is -2.41. The summed E-state index contributed by atoms with van der Waals surface area (Å²) in [5.74, 6) is 0.150. The molecule has 0 amide bonds. The average molecular weight is 396 g/mol. The van der Waals surface area contributed by atoms with Crippen molar-refractivity contribution in [3.63, 3.8) is 0 Å². The van der Waals surface area contributed by atoms with E-state index in [1.54, 1.807) is 0 Å². The van der Waals surface area contributed by atoms with Crippen LogP contribution in [0.15, 0.2) is 17.6 Å². The first-order chi connectivity index (χ1) is 12.5. The van der Waals surface area contributed by atoms with Crippen molar-refractivity contribution < 1.29 is 17.7 Å². The summed E-state index contributed by atoms with van der Waals surface area (Å²) in [6.07, 6.45) is 3.82. The zero-order valence-corrected chi connectivity index (χ0v) is 17.3. The average Bonchev–Trinajstić information content (AvgIpc) is 3.09. The highest BCUT2D eigenvalue weighted by molar-refractivity contribution is 7.91. The van der Waals surface area contributed by atoms with Crippen molar-refractivity contribution in [1.29, 1.82) is 0 Å². The number of nitrogens with two attached hydrogens (primary N) is 1. The Balaban J connectivity index is 1.66. The molecule has 27 heavy (non-hydrogen) atoms. The number of hydrogen-bond donors (Lipinski definition) is 1. The molecule has 150 valence electrons. The highest BCUT2D eigenvalue weighted by atomic mass is 32.2. The van der Waals surface area contributed by atoms with Crippen LogP contribution in [0.2, 0.25) is 0 Å². The minimum atomic E-state index is -3.53. The number of nitrogens with zero attached hydrogens (tertiary/aromatic N) is 3. The number of hydrogen-bond acceptors (Lipinski definition) is 8. The van der Waals surface area contributed by atoms with E-state index in [2.05, 4.69) is 14.9 Å². The van der Waals surface area contributed by atoms with E-state index >= 15 is 0 Å². The maximum absolute atomic E-state index is 12.7. The normalized spacial score (nSPS) is 25.2. The van der Waals surface area contributed by atoms with E-state index in [-0.39, 0.29) is 16.8 Å². The Hall–Kier alpha value is -1.07. The van der Waals surface area contributed by atoms with Crippen molar-refractivity contribution >= 4 is 22.4 Å². The summed E-state index contributed by atoms with van der Waals surface area (Å²) in [5, 5.41) is -0.139.